The van der Waals surface area contributed by atoms with Gasteiger partial charge in [0.1, 0.15) is 0 Å². The summed E-state index contributed by atoms with van der Waals surface area (Å²) in [5.41, 5.74) is 0. The molecule has 0 amide bonds. The summed E-state index contributed by atoms with van der Waals surface area (Å²) in [7, 11) is 0. The number of pyridine rings is 2. The highest BCUT2D eigenvalue weighted by molar-refractivity contribution is 6.06. The number of aromatic nitrogens is 2. The summed E-state index contributed by atoms with van der Waals surface area (Å²) < 4.78 is 0. The van der Waals surface area contributed by atoms with Gasteiger partial charge < -0.3 is 0 Å². The van der Waals surface area contributed by atoms with Crippen LogP contribution in [0.1, 0.15) is 0 Å². The van der Waals surface area contributed by atoms with E-state index in [1.807, 2.05) is 24.5 Å². The zero-order valence-corrected chi connectivity index (χ0v) is 7.44. The molecule has 0 aliphatic heterocycles. The van der Waals surface area contributed by atoms with Gasteiger partial charge in [0.15, 0.2) is 0 Å². The Balaban J connectivity index is 2.61. The smallest absolute Gasteiger partial charge is 0.0892 e. The lowest BCUT2D eigenvalue weighted by atomic mass is 10.1. The molecule has 0 fully saturated rings. The summed E-state index contributed by atoms with van der Waals surface area (Å²) in [6, 6.07) is 8.05. The Bertz CT molecular complexity index is 547. The largest absolute Gasteiger partial charge is 0.264 e. The first-order valence-electron chi connectivity index (χ1n) is 4.44. The molecule has 14 heavy (non-hydrogen) atoms. The zero-order valence-electron chi connectivity index (χ0n) is 7.44. The molecule has 0 aliphatic rings. The van der Waals surface area contributed by atoms with Gasteiger partial charge in [-0.05, 0) is 22.9 Å². The SMILES string of the molecule is [c]1cc2ccc3cnccc3c2cn1. The van der Waals surface area contributed by atoms with E-state index >= 15 is 0 Å². The van der Waals surface area contributed by atoms with Crippen LogP contribution in [0.3, 0.4) is 0 Å². The predicted molar refractivity (Wildman–Crippen MR) is 55.9 cm³/mol. The fourth-order valence-electron chi connectivity index (χ4n) is 1.69. The molecule has 2 heteroatoms. The Morgan fingerprint density at radius 2 is 1.86 bits per heavy atom. The van der Waals surface area contributed by atoms with Crippen LogP contribution in [-0.2, 0) is 0 Å². The van der Waals surface area contributed by atoms with Crippen molar-refractivity contribution in [3.05, 3.63) is 49.1 Å². The van der Waals surface area contributed by atoms with E-state index in [0.717, 1.165) is 10.8 Å². The summed E-state index contributed by atoms with van der Waals surface area (Å²) in [4.78, 5) is 8.11. The van der Waals surface area contributed by atoms with E-state index < -0.39 is 0 Å². The van der Waals surface area contributed by atoms with E-state index in [9.17, 15) is 0 Å². The highest BCUT2D eigenvalue weighted by Crippen LogP contribution is 2.22. The first-order chi connectivity index (χ1) is 6.95. The van der Waals surface area contributed by atoms with Gasteiger partial charge in [-0.15, -0.1) is 0 Å². The zero-order chi connectivity index (χ0) is 9.38. The Morgan fingerprint density at radius 3 is 2.86 bits per heavy atom. The lowest BCUT2D eigenvalue weighted by Crippen LogP contribution is -1.80. The molecule has 2 heterocycles. The third kappa shape index (κ3) is 0.973. The van der Waals surface area contributed by atoms with E-state index in [4.69, 9.17) is 0 Å². The number of hydrogen-bond donors (Lipinski definition) is 0. The second-order valence-electron chi connectivity index (χ2n) is 3.20. The van der Waals surface area contributed by atoms with Crippen LogP contribution in [0.4, 0.5) is 0 Å². The van der Waals surface area contributed by atoms with Crippen molar-refractivity contribution in [2.24, 2.45) is 0 Å². The van der Waals surface area contributed by atoms with Crippen LogP contribution in [0.2, 0.25) is 0 Å². The molecule has 0 saturated carbocycles. The monoisotopic (exact) mass is 179 g/mol. The second kappa shape index (κ2) is 2.77. The highest BCUT2D eigenvalue weighted by Gasteiger charge is 1.98. The number of fused-ring (bicyclic) bond motifs is 3. The molecule has 1 radical (unpaired) electrons. The number of hydrogen-bond acceptors (Lipinski definition) is 2. The molecule has 2 aromatic heterocycles. The van der Waals surface area contributed by atoms with Crippen molar-refractivity contribution in [2.75, 3.05) is 0 Å². The molecule has 0 bridgehead atoms. The number of benzene rings is 1. The summed E-state index contributed by atoms with van der Waals surface area (Å²) in [6.07, 6.45) is 8.35. The van der Waals surface area contributed by atoms with Crippen LogP contribution in [0, 0.1) is 6.20 Å². The van der Waals surface area contributed by atoms with Crippen molar-refractivity contribution < 1.29 is 0 Å². The quantitative estimate of drug-likeness (QED) is 0.496. The van der Waals surface area contributed by atoms with E-state index in [2.05, 4.69) is 28.3 Å². The fraction of sp³-hybridized carbons (Fsp3) is 0. The van der Waals surface area contributed by atoms with Gasteiger partial charge in [-0.25, -0.2) is 0 Å². The molecule has 0 saturated heterocycles. The van der Waals surface area contributed by atoms with Crippen molar-refractivity contribution in [3.63, 3.8) is 0 Å². The number of rotatable bonds is 0. The Hall–Kier alpha value is -1.96. The average molecular weight is 179 g/mol. The Kier molecular flexibility index (Phi) is 1.47. The Morgan fingerprint density at radius 1 is 0.929 bits per heavy atom. The molecule has 1 aromatic carbocycles. The lowest BCUT2D eigenvalue weighted by Gasteiger charge is -2.01. The molecule has 0 spiro atoms. The average Bonchev–Trinajstić information content (AvgIpc) is 2.29. The molecule has 2 nitrogen and oxygen atoms in total. The Labute approximate surface area is 81.2 Å². The third-order valence-corrected chi connectivity index (χ3v) is 2.38. The fourth-order valence-corrected chi connectivity index (χ4v) is 1.69. The maximum Gasteiger partial charge on any atom is 0.0892 e. The summed E-state index contributed by atoms with van der Waals surface area (Å²) in [5, 5.41) is 4.66. The summed E-state index contributed by atoms with van der Waals surface area (Å²) >= 11 is 0. The van der Waals surface area contributed by atoms with Crippen molar-refractivity contribution in [2.45, 2.75) is 0 Å². The first kappa shape index (κ1) is 7.44. The van der Waals surface area contributed by atoms with Gasteiger partial charge in [-0.1, -0.05) is 12.1 Å². The van der Waals surface area contributed by atoms with E-state index in [1.54, 1.807) is 6.20 Å². The molecule has 3 rings (SSSR count). The molecule has 0 atom stereocenters. The van der Waals surface area contributed by atoms with Crippen molar-refractivity contribution in [1.29, 1.82) is 0 Å². The standard InChI is InChI=1S/C12H7N2/c1-2-10-7-13-6-4-11(10)12-8-14-5-3-9(1)12/h1-4,6-8H. The molecule has 0 N–H and O–H groups in total. The molecular weight excluding hydrogens is 172 g/mol. The van der Waals surface area contributed by atoms with Gasteiger partial charge in [0.05, 0.1) is 6.20 Å². The maximum absolute atomic E-state index is 4.09. The maximum atomic E-state index is 4.09. The molecule has 65 valence electrons. The van der Waals surface area contributed by atoms with Crippen molar-refractivity contribution in [3.8, 4) is 0 Å². The summed E-state index contributed by atoms with van der Waals surface area (Å²) in [6.45, 7) is 0. The van der Waals surface area contributed by atoms with Gasteiger partial charge in [0.25, 0.3) is 0 Å². The van der Waals surface area contributed by atoms with Gasteiger partial charge in [0, 0.05) is 29.4 Å². The molecule has 0 aliphatic carbocycles. The van der Waals surface area contributed by atoms with Crippen LogP contribution in [0.25, 0.3) is 21.5 Å². The normalized spacial score (nSPS) is 10.9. The topological polar surface area (TPSA) is 25.8 Å². The second-order valence-corrected chi connectivity index (χ2v) is 3.20. The van der Waals surface area contributed by atoms with Crippen LogP contribution in [0.15, 0.2) is 42.9 Å². The van der Waals surface area contributed by atoms with Crippen molar-refractivity contribution in [1.82, 2.24) is 9.97 Å². The first-order valence-corrected chi connectivity index (χ1v) is 4.44. The highest BCUT2D eigenvalue weighted by atomic mass is 14.6. The van der Waals surface area contributed by atoms with E-state index in [0.29, 0.717) is 0 Å². The minimum absolute atomic E-state index is 1.15. The van der Waals surface area contributed by atoms with E-state index in [1.165, 1.54) is 10.8 Å². The molecular formula is C12H7N2. The van der Waals surface area contributed by atoms with Crippen LogP contribution >= 0.6 is 0 Å². The van der Waals surface area contributed by atoms with Gasteiger partial charge >= 0.3 is 0 Å². The van der Waals surface area contributed by atoms with E-state index in [-0.39, 0.29) is 0 Å². The van der Waals surface area contributed by atoms with Crippen LogP contribution in [0.5, 0.6) is 0 Å². The lowest BCUT2D eigenvalue weighted by molar-refractivity contribution is 1.34. The predicted octanol–water partition coefficient (Wildman–Crippen LogP) is 2.58. The van der Waals surface area contributed by atoms with Gasteiger partial charge in [0.2, 0.25) is 0 Å². The minimum atomic E-state index is 1.15. The molecule has 3 aromatic rings. The third-order valence-electron chi connectivity index (χ3n) is 2.38. The minimum Gasteiger partial charge on any atom is -0.264 e. The van der Waals surface area contributed by atoms with Gasteiger partial charge in [-0.3, -0.25) is 9.97 Å². The summed E-state index contributed by atoms with van der Waals surface area (Å²) in [5.74, 6) is 0. The number of nitrogens with zero attached hydrogens (tertiary/aromatic N) is 2. The van der Waals surface area contributed by atoms with Crippen molar-refractivity contribution >= 4 is 21.5 Å². The van der Waals surface area contributed by atoms with Gasteiger partial charge in [-0.2, -0.15) is 0 Å². The van der Waals surface area contributed by atoms with Crippen LogP contribution in [-0.4, -0.2) is 9.97 Å². The molecule has 0 unspecified atom stereocenters. The van der Waals surface area contributed by atoms with Crippen LogP contribution < -0.4 is 0 Å².